The molecule has 0 radical (unpaired) electrons. The SMILES string of the molecule is C[C@H](CCc1ccc(F)cc1)NCC1CCN(C)CC1. The van der Waals surface area contributed by atoms with Gasteiger partial charge in [0.1, 0.15) is 5.82 Å². The van der Waals surface area contributed by atoms with Crippen molar-refractivity contribution in [3.63, 3.8) is 0 Å². The van der Waals surface area contributed by atoms with Crippen molar-refractivity contribution in [3.8, 4) is 0 Å². The normalized spacial score (nSPS) is 19.1. The maximum Gasteiger partial charge on any atom is 0.123 e. The van der Waals surface area contributed by atoms with Crippen LogP contribution in [0.2, 0.25) is 0 Å². The van der Waals surface area contributed by atoms with Crippen LogP contribution in [-0.2, 0) is 6.42 Å². The second-order valence-corrected chi connectivity index (χ2v) is 6.22. The van der Waals surface area contributed by atoms with Gasteiger partial charge in [0.05, 0.1) is 0 Å². The zero-order valence-electron chi connectivity index (χ0n) is 12.7. The van der Waals surface area contributed by atoms with E-state index >= 15 is 0 Å². The highest BCUT2D eigenvalue weighted by Gasteiger charge is 2.16. The van der Waals surface area contributed by atoms with Crippen LogP contribution >= 0.6 is 0 Å². The van der Waals surface area contributed by atoms with Gasteiger partial charge in [-0.2, -0.15) is 0 Å². The summed E-state index contributed by atoms with van der Waals surface area (Å²) >= 11 is 0. The topological polar surface area (TPSA) is 15.3 Å². The summed E-state index contributed by atoms with van der Waals surface area (Å²) in [6, 6.07) is 7.40. The largest absolute Gasteiger partial charge is 0.314 e. The third-order valence-electron chi connectivity index (χ3n) is 4.37. The lowest BCUT2D eigenvalue weighted by atomic mass is 9.96. The quantitative estimate of drug-likeness (QED) is 0.860. The van der Waals surface area contributed by atoms with Crippen molar-refractivity contribution in [2.75, 3.05) is 26.7 Å². The van der Waals surface area contributed by atoms with Crippen molar-refractivity contribution in [2.24, 2.45) is 5.92 Å². The Kier molecular flexibility index (Phi) is 5.99. The molecule has 0 aliphatic carbocycles. The second kappa shape index (κ2) is 7.75. The van der Waals surface area contributed by atoms with Gasteiger partial charge in [0, 0.05) is 6.04 Å². The average molecular weight is 278 g/mol. The number of benzene rings is 1. The van der Waals surface area contributed by atoms with Crippen molar-refractivity contribution in [3.05, 3.63) is 35.6 Å². The molecule has 1 heterocycles. The van der Waals surface area contributed by atoms with Crippen LogP contribution < -0.4 is 5.32 Å². The van der Waals surface area contributed by atoms with Crippen molar-refractivity contribution in [1.29, 1.82) is 0 Å². The zero-order valence-corrected chi connectivity index (χ0v) is 12.7. The lowest BCUT2D eigenvalue weighted by Gasteiger charge is -2.30. The minimum Gasteiger partial charge on any atom is -0.314 e. The summed E-state index contributed by atoms with van der Waals surface area (Å²) in [5.41, 5.74) is 1.22. The lowest BCUT2D eigenvalue weighted by molar-refractivity contribution is 0.212. The summed E-state index contributed by atoms with van der Waals surface area (Å²) in [5.74, 6) is 0.682. The van der Waals surface area contributed by atoms with E-state index in [4.69, 9.17) is 0 Å². The van der Waals surface area contributed by atoms with Gasteiger partial charge in [-0.05, 0) is 82.9 Å². The van der Waals surface area contributed by atoms with Crippen LogP contribution in [0.25, 0.3) is 0 Å². The Labute approximate surface area is 122 Å². The molecule has 0 amide bonds. The number of rotatable bonds is 6. The molecule has 3 heteroatoms. The first-order chi connectivity index (χ1) is 9.63. The van der Waals surface area contributed by atoms with E-state index in [0.29, 0.717) is 6.04 Å². The Balaban J connectivity index is 1.62. The first kappa shape index (κ1) is 15.5. The van der Waals surface area contributed by atoms with Crippen LogP contribution in [0, 0.1) is 11.7 Å². The Hall–Kier alpha value is -0.930. The van der Waals surface area contributed by atoms with E-state index in [-0.39, 0.29) is 5.82 Å². The molecule has 112 valence electrons. The molecule has 1 fully saturated rings. The van der Waals surface area contributed by atoms with E-state index in [1.54, 1.807) is 12.1 Å². The molecule has 0 unspecified atom stereocenters. The fourth-order valence-electron chi connectivity index (χ4n) is 2.77. The van der Waals surface area contributed by atoms with Crippen LogP contribution in [-0.4, -0.2) is 37.6 Å². The predicted molar refractivity (Wildman–Crippen MR) is 82.4 cm³/mol. The molecule has 2 rings (SSSR count). The standard InChI is InChI=1S/C17H27FN2/c1-14(3-4-15-5-7-17(18)8-6-15)19-13-16-9-11-20(2)12-10-16/h5-8,14,16,19H,3-4,9-13H2,1-2H3/t14-/m1/s1. The van der Waals surface area contributed by atoms with Crippen LogP contribution in [0.15, 0.2) is 24.3 Å². The monoisotopic (exact) mass is 278 g/mol. The van der Waals surface area contributed by atoms with Gasteiger partial charge in [-0.25, -0.2) is 4.39 Å². The van der Waals surface area contributed by atoms with Crippen LogP contribution in [0.4, 0.5) is 4.39 Å². The molecule has 1 N–H and O–H groups in total. The third-order valence-corrected chi connectivity index (χ3v) is 4.37. The smallest absolute Gasteiger partial charge is 0.123 e. The number of aryl methyl sites for hydroxylation is 1. The fraction of sp³-hybridized carbons (Fsp3) is 0.647. The van der Waals surface area contributed by atoms with Gasteiger partial charge in [0.2, 0.25) is 0 Å². The van der Waals surface area contributed by atoms with E-state index in [9.17, 15) is 4.39 Å². The van der Waals surface area contributed by atoms with E-state index in [1.807, 2.05) is 12.1 Å². The number of halogens is 1. The summed E-state index contributed by atoms with van der Waals surface area (Å²) < 4.78 is 12.8. The molecule has 1 aromatic rings. The van der Waals surface area contributed by atoms with Gasteiger partial charge < -0.3 is 10.2 Å². The Morgan fingerprint density at radius 3 is 2.55 bits per heavy atom. The number of hydrogen-bond donors (Lipinski definition) is 1. The molecule has 2 nitrogen and oxygen atoms in total. The first-order valence-electron chi connectivity index (χ1n) is 7.80. The van der Waals surface area contributed by atoms with Gasteiger partial charge >= 0.3 is 0 Å². The molecule has 0 saturated carbocycles. The van der Waals surface area contributed by atoms with E-state index in [0.717, 1.165) is 25.3 Å². The number of likely N-dealkylation sites (tertiary alicyclic amines) is 1. The maximum atomic E-state index is 12.8. The van der Waals surface area contributed by atoms with Gasteiger partial charge in [0.15, 0.2) is 0 Å². The lowest BCUT2D eigenvalue weighted by Crippen LogP contribution is -2.37. The number of hydrogen-bond acceptors (Lipinski definition) is 2. The Morgan fingerprint density at radius 2 is 1.90 bits per heavy atom. The second-order valence-electron chi connectivity index (χ2n) is 6.22. The molecular weight excluding hydrogens is 251 g/mol. The fourth-order valence-corrected chi connectivity index (χ4v) is 2.77. The zero-order chi connectivity index (χ0) is 14.4. The van der Waals surface area contributed by atoms with E-state index in [1.165, 1.54) is 31.5 Å². The maximum absolute atomic E-state index is 12.8. The highest BCUT2D eigenvalue weighted by atomic mass is 19.1. The highest BCUT2D eigenvalue weighted by Crippen LogP contribution is 2.15. The summed E-state index contributed by atoms with van der Waals surface area (Å²) in [6.45, 7) is 5.85. The highest BCUT2D eigenvalue weighted by molar-refractivity contribution is 5.16. The molecular formula is C17H27FN2. The molecule has 0 bridgehead atoms. The van der Waals surface area contributed by atoms with Gasteiger partial charge in [0.25, 0.3) is 0 Å². The van der Waals surface area contributed by atoms with Crippen molar-refractivity contribution in [2.45, 2.75) is 38.6 Å². The molecule has 20 heavy (non-hydrogen) atoms. The summed E-state index contributed by atoms with van der Waals surface area (Å²) in [6.07, 6.45) is 4.75. The van der Waals surface area contributed by atoms with E-state index in [2.05, 4.69) is 24.2 Å². The van der Waals surface area contributed by atoms with Gasteiger partial charge in [-0.1, -0.05) is 12.1 Å². The van der Waals surface area contributed by atoms with E-state index < -0.39 is 0 Å². The molecule has 1 aromatic carbocycles. The first-order valence-corrected chi connectivity index (χ1v) is 7.80. The predicted octanol–water partition coefficient (Wildman–Crippen LogP) is 3.08. The molecule has 1 aliphatic heterocycles. The summed E-state index contributed by atoms with van der Waals surface area (Å²) in [5, 5.41) is 3.66. The number of nitrogens with one attached hydrogen (secondary N) is 1. The van der Waals surface area contributed by atoms with Crippen LogP contribution in [0.1, 0.15) is 31.7 Å². The molecule has 0 spiro atoms. The third kappa shape index (κ3) is 5.22. The molecule has 1 saturated heterocycles. The Bertz CT molecular complexity index is 382. The number of piperidine rings is 1. The van der Waals surface area contributed by atoms with Crippen LogP contribution in [0.5, 0.6) is 0 Å². The minimum absolute atomic E-state index is 0.151. The van der Waals surface area contributed by atoms with Crippen molar-refractivity contribution >= 4 is 0 Å². The average Bonchev–Trinajstić information content (AvgIpc) is 2.46. The molecule has 1 atom stereocenters. The van der Waals surface area contributed by atoms with Crippen LogP contribution in [0.3, 0.4) is 0 Å². The molecule has 0 aromatic heterocycles. The van der Waals surface area contributed by atoms with Gasteiger partial charge in [-0.3, -0.25) is 0 Å². The number of nitrogens with zero attached hydrogens (tertiary/aromatic N) is 1. The summed E-state index contributed by atoms with van der Waals surface area (Å²) in [7, 11) is 2.20. The minimum atomic E-state index is -0.151. The van der Waals surface area contributed by atoms with Crippen molar-refractivity contribution < 1.29 is 4.39 Å². The summed E-state index contributed by atoms with van der Waals surface area (Å²) in [4.78, 5) is 2.41. The van der Waals surface area contributed by atoms with Crippen molar-refractivity contribution in [1.82, 2.24) is 10.2 Å². The Morgan fingerprint density at radius 1 is 1.25 bits per heavy atom. The molecule has 1 aliphatic rings. The van der Waals surface area contributed by atoms with Gasteiger partial charge in [-0.15, -0.1) is 0 Å².